The van der Waals surface area contributed by atoms with Gasteiger partial charge in [0.15, 0.2) is 11.9 Å². The van der Waals surface area contributed by atoms with Crippen LogP contribution in [0.15, 0.2) is 53.3 Å². The molecule has 2 aromatic heterocycles. The Morgan fingerprint density at radius 3 is 2.26 bits per heavy atom. The number of pyridine rings is 1. The number of para-hydroxylation sites is 1. The number of aldehydes is 1. The number of nitrogens with zero attached hydrogens (tertiary/aromatic N) is 5. The molecule has 0 saturated carbocycles. The molecule has 1 aliphatic rings. The maximum absolute atomic E-state index is 14.3. The van der Waals surface area contributed by atoms with Crippen LogP contribution in [0.5, 0.6) is 0 Å². The predicted octanol–water partition coefficient (Wildman–Crippen LogP) is 7.99. The van der Waals surface area contributed by atoms with Crippen molar-refractivity contribution in [2.75, 3.05) is 18.0 Å². The van der Waals surface area contributed by atoms with E-state index in [4.69, 9.17) is 21.3 Å². The van der Waals surface area contributed by atoms with E-state index in [0.29, 0.717) is 51.9 Å². The Bertz CT molecular complexity index is 1890. The third-order valence-electron chi connectivity index (χ3n) is 8.60. The van der Waals surface area contributed by atoms with Crippen molar-refractivity contribution >= 4 is 40.8 Å². The Morgan fingerprint density at radius 1 is 0.957 bits per heavy atom. The summed E-state index contributed by atoms with van der Waals surface area (Å²) in [6.45, 7) is 18.5. The number of piperazine rings is 1. The van der Waals surface area contributed by atoms with E-state index in [-0.39, 0.29) is 30.0 Å². The molecule has 10 heteroatoms. The fourth-order valence-electron chi connectivity index (χ4n) is 6.33. The van der Waals surface area contributed by atoms with Gasteiger partial charge in [0.1, 0.15) is 11.4 Å². The van der Waals surface area contributed by atoms with E-state index < -0.39 is 11.3 Å². The van der Waals surface area contributed by atoms with Crippen molar-refractivity contribution in [3.05, 3.63) is 80.7 Å². The van der Waals surface area contributed by atoms with Crippen LogP contribution in [0.2, 0.25) is 5.02 Å². The maximum Gasteiger partial charge on any atom is 0.410 e. The summed E-state index contributed by atoms with van der Waals surface area (Å²) in [5.74, 6) is 0.626. The van der Waals surface area contributed by atoms with Crippen molar-refractivity contribution in [1.29, 1.82) is 0 Å². The molecule has 47 heavy (non-hydrogen) atoms. The summed E-state index contributed by atoms with van der Waals surface area (Å²) in [6, 6.07) is 14.8. The summed E-state index contributed by atoms with van der Waals surface area (Å²) in [7, 11) is 0. The normalized spacial score (nSPS) is 17.1. The number of hydrogen-bond acceptors (Lipinski definition) is 7. The average Bonchev–Trinajstić information content (AvgIpc) is 3.00. The Balaban J connectivity index is 1.78. The fraction of sp³-hybridized carbons (Fsp3) is 0.432. The van der Waals surface area contributed by atoms with Crippen LogP contribution in [0, 0.1) is 0 Å². The van der Waals surface area contributed by atoms with Crippen LogP contribution in [-0.4, -0.2) is 62.6 Å². The lowest BCUT2D eigenvalue weighted by atomic mass is 9.95. The number of carbonyl (C=O) groups is 2. The minimum atomic E-state index is -0.625. The molecule has 0 aliphatic carbocycles. The Morgan fingerprint density at radius 2 is 1.62 bits per heavy atom. The topological polar surface area (TPSA) is 97.6 Å². The lowest BCUT2D eigenvalue weighted by Crippen LogP contribution is -2.59. The molecule has 1 aliphatic heterocycles. The van der Waals surface area contributed by atoms with Crippen molar-refractivity contribution in [2.24, 2.45) is 0 Å². The first-order chi connectivity index (χ1) is 22.1. The minimum absolute atomic E-state index is 0.00164. The zero-order chi connectivity index (χ0) is 34.4. The zero-order valence-electron chi connectivity index (χ0n) is 28.7. The summed E-state index contributed by atoms with van der Waals surface area (Å²) in [6.07, 6.45) is 0.382. The second kappa shape index (κ2) is 13.1. The van der Waals surface area contributed by atoms with Crippen LogP contribution in [-0.2, 0) is 4.74 Å². The maximum atomic E-state index is 14.3. The van der Waals surface area contributed by atoms with Crippen molar-refractivity contribution in [3.63, 3.8) is 0 Å². The third kappa shape index (κ3) is 6.63. The minimum Gasteiger partial charge on any atom is -0.444 e. The molecular formula is C37H44ClN5O4. The van der Waals surface area contributed by atoms with Gasteiger partial charge in [-0.1, -0.05) is 75.7 Å². The Labute approximate surface area is 281 Å². The summed E-state index contributed by atoms with van der Waals surface area (Å²) in [4.78, 5) is 53.4. The highest BCUT2D eigenvalue weighted by Crippen LogP contribution is 2.38. The van der Waals surface area contributed by atoms with Gasteiger partial charge in [-0.05, 0) is 69.7 Å². The molecule has 4 aromatic rings. The highest BCUT2D eigenvalue weighted by Gasteiger charge is 2.36. The first-order valence-electron chi connectivity index (χ1n) is 16.2. The SMILES string of the molecule is CC(C)c1ccccc1-c1nc2c(cc1Cl)c(N1CC(C)N(C(=O)OC(C)(C)C)CC1C)nc(=O)n2-c1c(C=O)cccc1C(C)C. The largest absolute Gasteiger partial charge is 0.444 e. The molecule has 9 nitrogen and oxygen atoms in total. The van der Waals surface area contributed by atoms with E-state index in [0.717, 1.165) is 23.0 Å². The second-order valence-corrected chi connectivity index (χ2v) is 14.4. The molecule has 2 unspecified atom stereocenters. The lowest BCUT2D eigenvalue weighted by Gasteiger charge is -2.44. The van der Waals surface area contributed by atoms with Crippen molar-refractivity contribution in [3.8, 4) is 16.9 Å². The van der Waals surface area contributed by atoms with Gasteiger partial charge < -0.3 is 14.5 Å². The van der Waals surface area contributed by atoms with Crippen LogP contribution >= 0.6 is 11.6 Å². The van der Waals surface area contributed by atoms with Crippen LogP contribution in [0.1, 0.15) is 95.6 Å². The number of ether oxygens (including phenoxy) is 1. The van der Waals surface area contributed by atoms with Gasteiger partial charge in [-0.25, -0.2) is 19.1 Å². The molecule has 248 valence electrons. The van der Waals surface area contributed by atoms with Gasteiger partial charge in [-0.3, -0.25) is 4.79 Å². The van der Waals surface area contributed by atoms with E-state index in [1.54, 1.807) is 11.0 Å². The van der Waals surface area contributed by atoms with Crippen LogP contribution in [0.25, 0.3) is 28.0 Å². The molecule has 3 heterocycles. The van der Waals surface area contributed by atoms with E-state index in [1.807, 2.05) is 89.8 Å². The van der Waals surface area contributed by atoms with E-state index >= 15 is 0 Å². The van der Waals surface area contributed by atoms with Crippen molar-refractivity contribution in [1.82, 2.24) is 19.4 Å². The van der Waals surface area contributed by atoms with E-state index in [2.05, 4.69) is 24.9 Å². The number of carbonyl (C=O) groups excluding carboxylic acids is 2. The summed E-state index contributed by atoms with van der Waals surface area (Å²) in [5, 5.41) is 0.986. The molecule has 0 radical (unpaired) electrons. The summed E-state index contributed by atoms with van der Waals surface area (Å²) in [5.41, 5.74) is 3.29. The van der Waals surface area contributed by atoms with Crippen LogP contribution < -0.4 is 10.6 Å². The monoisotopic (exact) mass is 657 g/mol. The third-order valence-corrected chi connectivity index (χ3v) is 8.88. The number of anilines is 1. The molecule has 0 bridgehead atoms. The van der Waals surface area contributed by atoms with Gasteiger partial charge >= 0.3 is 11.8 Å². The van der Waals surface area contributed by atoms with Gasteiger partial charge in [0, 0.05) is 36.3 Å². The summed E-state index contributed by atoms with van der Waals surface area (Å²) >= 11 is 7.07. The van der Waals surface area contributed by atoms with Gasteiger partial charge in [0.05, 0.1) is 21.8 Å². The van der Waals surface area contributed by atoms with Crippen LogP contribution in [0.4, 0.5) is 10.6 Å². The van der Waals surface area contributed by atoms with E-state index in [9.17, 15) is 14.4 Å². The Kier molecular flexibility index (Phi) is 9.51. The highest BCUT2D eigenvalue weighted by molar-refractivity contribution is 6.34. The number of amides is 1. The molecule has 5 rings (SSSR count). The molecule has 0 N–H and O–H groups in total. The first kappa shape index (κ1) is 34.1. The molecular weight excluding hydrogens is 614 g/mol. The van der Waals surface area contributed by atoms with Gasteiger partial charge in [-0.2, -0.15) is 4.98 Å². The summed E-state index contributed by atoms with van der Waals surface area (Å²) < 4.78 is 7.14. The number of fused-ring (bicyclic) bond motifs is 1. The Hall–Kier alpha value is -4.24. The van der Waals surface area contributed by atoms with Gasteiger partial charge in [0.2, 0.25) is 0 Å². The lowest BCUT2D eigenvalue weighted by molar-refractivity contribution is 0.0130. The first-order valence-corrected chi connectivity index (χ1v) is 16.6. The molecule has 1 saturated heterocycles. The molecule has 1 fully saturated rings. The molecule has 2 aromatic carbocycles. The molecule has 0 spiro atoms. The number of benzene rings is 2. The number of halogens is 1. The fourth-order valence-corrected chi connectivity index (χ4v) is 6.58. The highest BCUT2D eigenvalue weighted by atomic mass is 35.5. The quantitative estimate of drug-likeness (QED) is 0.194. The average molecular weight is 658 g/mol. The second-order valence-electron chi connectivity index (χ2n) is 14.0. The van der Waals surface area contributed by atoms with Gasteiger partial charge in [0.25, 0.3) is 0 Å². The number of aromatic nitrogens is 3. The van der Waals surface area contributed by atoms with Crippen LogP contribution in [0.3, 0.4) is 0 Å². The van der Waals surface area contributed by atoms with Crippen molar-refractivity contribution in [2.45, 2.75) is 91.8 Å². The molecule has 1 amide bonds. The smallest absolute Gasteiger partial charge is 0.410 e. The number of hydrogen-bond donors (Lipinski definition) is 0. The zero-order valence-corrected chi connectivity index (χ0v) is 29.4. The van der Waals surface area contributed by atoms with Crippen molar-refractivity contribution < 1.29 is 14.3 Å². The molecule has 2 atom stereocenters. The standard InChI is InChI=1S/C37H44ClN5O4/c1-21(2)26-14-10-11-15-28(26)31-30(38)17-29-33(41-18-24(6)42(19-23(41)5)36(46)47-37(7,8)9)40-35(45)43(34(29)39-31)32-25(20-44)13-12-16-27(32)22(3)4/h10-17,20-24H,18-19H2,1-9H3. The number of rotatable bonds is 6. The van der Waals surface area contributed by atoms with E-state index in [1.165, 1.54) is 4.57 Å². The van der Waals surface area contributed by atoms with Gasteiger partial charge in [-0.15, -0.1) is 0 Å². The predicted molar refractivity (Wildman–Crippen MR) is 188 cm³/mol.